The second-order valence-electron chi connectivity index (χ2n) is 3.74. The Kier molecular flexibility index (Phi) is 2.52. The predicted molar refractivity (Wildman–Crippen MR) is 65.3 cm³/mol. The lowest BCUT2D eigenvalue weighted by atomic mass is 9.89. The first-order chi connectivity index (χ1) is 8.77. The van der Waals surface area contributed by atoms with Crippen LogP contribution in [0.2, 0.25) is 0 Å². The van der Waals surface area contributed by atoms with Crippen LogP contribution in [0.1, 0.15) is 16.4 Å². The quantitative estimate of drug-likeness (QED) is 0.849. The van der Waals surface area contributed by atoms with Crippen LogP contribution in [0.25, 0.3) is 0 Å². The highest BCUT2D eigenvalue weighted by Gasteiger charge is 2.31. The number of pyridine rings is 1. The number of nitrogens with one attached hydrogen (secondary N) is 1. The van der Waals surface area contributed by atoms with E-state index >= 15 is 0 Å². The summed E-state index contributed by atoms with van der Waals surface area (Å²) in [6.45, 7) is 0. The normalized spacial score (nSPS) is 17.6. The van der Waals surface area contributed by atoms with Gasteiger partial charge in [0.2, 0.25) is 0 Å². The maximum atomic E-state index is 11.3. The smallest absolute Gasteiger partial charge is 0.334 e. The molecule has 0 aliphatic carbocycles. The number of carboxylic acid groups (broad SMARTS) is 1. The molecule has 1 aliphatic rings. The van der Waals surface area contributed by atoms with Crippen molar-refractivity contribution >= 4 is 23.3 Å². The maximum Gasteiger partial charge on any atom is 0.334 e. The summed E-state index contributed by atoms with van der Waals surface area (Å²) in [5.41, 5.74) is 1.09. The van der Waals surface area contributed by atoms with Crippen LogP contribution < -0.4 is 5.32 Å². The number of aromatic nitrogens is 3. The third-order valence-corrected chi connectivity index (χ3v) is 3.46. The lowest BCUT2D eigenvalue weighted by Gasteiger charge is -2.23. The minimum Gasteiger partial charge on any atom is -0.478 e. The van der Waals surface area contributed by atoms with Crippen molar-refractivity contribution in [3.63, 3.8) is 0 Å². The number of anilines is 1. The molecule has 90 valence electrons. The first kappa shape index (κ1) is 10.8. The lowest BCUT2D eigenvalue weighted by Crippen LogP contribution is -2.19. The molecule has 0 aromatic carbocycles. The molecule has 7 heteroatoms. The van der Waals surface area contributed by atoms with E-state index in [9.17, 15) is 9.90 Å². The SMILES string of the molecule is O=C(O)C1=CNc2ncccc2C1c1cnns1. The number of fused-ring (bicyclic) bond motifs is 1. The summed E-state index contributed by atoms with van der Waals surface area (Å²) in [6.07, 6.45) is 4.73. The summed E-state index contributed by atoms with van der Waals surface area (Å²) in [5, 5.41) is 15.9. The molecule has 6 nitrogen and oxygen atoms in total. The molecule has 2 N–H and O–H groups in total. The zero-order valence-corrected chi connectivity index (χ0v) is 9.89. The van der Waals surface area contributed by atoms with Gasteiger partial charge in [0.1, 0.15) is 5.82 Å². The Hall–Kier alpha value is -2.28. The third kappa shape index (κ3) is 1.65. The van der Waals surface area contributed by atoms with Crippen LogP contribution in [-0.2, 0) is 4.79 Å². The summed E-state index contributed by atoms with van der Waals surface area (Å²) >= 11 is 1.19. The van der Waals surface area contributed by atoms with Gasteiger partial charge in [0, 0.05) is 18.0 Å². The zero-order valence-electron chi connectivity index (χ0n) is 9.07. The lowest BCUT2D eigenvalue weighted by molar-refractivity contribution is -0.132. The van der Waals surface area contributed by atoms with E-state index in [1.165, 1.54) is 17.7 Å². The Bertz CT molecular complexity index is 624. The molecular formula is C11H8N4O2S. The molecule has 1 atom stereocenters. The zero-order chi connectivity index (χ0) is 12.5. The van der Waals surface area contributed by atoms with Gasteiger partial charge in [0.25, 0.3) is 0 Å². The standard InChI is InChI=1S/C11H8N4O2S/c16-11(17)7-4-13-10-6(2-1-3-12-10)9(7)8-5-14-15-18-8/h1-5,9H,(H,12,13)(H,16,17). The fraction of sp³-hybridized carbons (Fsp3) is 0.0909. The van der Waals surface area contributed by atoms with Gasteiger partial charge in [-0.15, -0.1) is 5.10 Å². The van der Waals surface area contributed by atoms with E-state index in [1.54, 1.807) is 18.5 Å². The molecule has 2 aromatic rings. The molecular weight excluding hydrogens is 252 g/mol. The van der Waals surface area contributed by atoms with E-state index in [4.69, 9.17) is 0 Å². The molecule has 0 amide bonds. The van der Waals surface area contributed by atoms with Crippen LogP contribution in [0, 0.1) is 0 Å². The van der Waals surface area contributed by atoms with Crippen molar-refractivity contribution in [1.82, 2.24) is 14.6 Å². The summed E-state index contributed by atoms with van der Waals surface area (Å²) < 4.78 is 3.79. The first-order valence-electron chi connectivity index (χ1n) is 5.19. The summed E-state index contributed by atoms with van der Waals surface area (Å²) in [7, 11) is 0. The molecule has 0 radical (unpaired) electrons. The number of rotatable bonds is 2. The topological polar surface area (TPSA) is 88.0 Å². The fourth-order valence-corrected chi connectivity index (χ4v) is 2.60. The average molecular weight is 260 g/mol. The van der Waals surface area contributed by atoms with Crippen molar-refractivity contribution in [3.05, 3.63) is 46.7 Å². The number of hydrogen-bond acceptors (Lipinski definition) is 6. The summed E-state index contributed by atoms with van der Waals surface area (Å²) in [5.74, 6) is -0.663. The number of hydrogen-bond donors (Lipinski definition) is 2. The molecule has 1 unspecified atom stereocenters. The van der Waals surface area contributed by atoms with E-state index < -0.39 is 5.97 Å². The van der Waals surface area contributed by atoms with Crippen LogP contribution in [-0.4, -0.2) is 25.6 Å². The largest absolute Gasteiger partial charge is 0.478 e. The molecule has 3 heterocycles. The van der Waals surface area contributed by atoms with E-state index in [1.807, 2.05) is 6.07 Å². The minimum absolute atomic E-state index is 0.265. The van der Waals surface area contributed by atoms with Crippen molar-refractivity contribution in [3.8, 4) is 0 Å². The van der Waals surface area contributed by atoms with Crippen LogP contribution in [0.4, 0.5) is 5.82 Å². The Morgan fingerprint density at radius 1 is 1.50 bits per heavy atom. The second kappa shape index (κ2) is 4.19. The van der Waals surface area contributed by atoms with Gasteiger partial charge < -0.3 is 10.4 Å². The molecule has 0 spiro atoms. The number of nitrogens with zero attached hydrogens (tertiary/aromatic N) is 3. The van der Waals surface area contributed by atoms with Gasteiger partial charge in [-0.2, -0.15) is 0 Å². The number of carboxylic acids is 1. The average Bonchev–Trinajstić information content (AvgIpc) is 2.90. The van der Waals surface area contributed by atoms with Crippen molar-refractivity contribution in [2.24, 2.45) is 0 Å². The summed E-state index contributed by atoms with van der Waals surface area (Å²) in [6, 6.07) is 3.64. The predicted octanol–water partition coefficient (Wildman–Crippen LogP) is 1.46. The van der Waals surface area contributed by atoms with Crippen molar-refractivity contribution in [2.75, 3.05) is 5.32 Å². The molecule has 0 saturated heterocycles. The van der Waals surface area contributed by atoms with Crippen LogP contribution >= 0.6 is 11.5 Å². The van der Waals surface area contributed by atoms with Crippen molar-refractivity contribution in [1.29, 1.82) is 0 Å². The highest BCUT2D eigenvalue weighted by atomic mass is 32.1. The molecule has 18 heavy (non-hydrogen) atoms. The van der Waals surface area contributed by atoms with Gasteiger partial charge in [-0.3, -0.25) is 0 Å². The molecule has 0 fully saturated rings. The first-order valence-corrected chi connectivity index (χ1v) is 5.97. The monoisotopic (exact) mass is 260 g/mol. The number of carbonyl (C=O) groups is 1. The van der Waals surface area contributed by atoms with Crippen LogP contribution in [0.3, 0.4) is 0 Å². The van der Waals surface area contributed by atoms with Crippen LogP contribution in [0.5, 0.6) is 0 Å². The van der Waals surface area contributed by atoms with E-state index in [0.717, 1.165) is 10.4 Å². The highest BCUT2D eigenvalue weighted by Crippen LogP contribution is 2.39. The van der Waals surface area contributed by atoms with E-state index in [-0.39, 0.29) is 11.5 Å². The van der Waals surface area contributed by atoms with Crippen molar-refractivity contribution in [2.45, 2.75) is 5.92 Å². The number of aliphatic carboxylic acids is 1. The van der Waals surface area contributed by atoms with Gasteiger partial charge in [-0.25, -0.2) is 9.78 Å². The van der Waals surface area contributed by atoms with Gasteiger partial charge >= 0.3 is 5.97 Å². The van der Waals surface area contributed by atoms with Gasteiger partial charge in [-0.1, -0.05) is 10.6 Å². The molecule has 2 aromatic heterocycles. The Morgan fingerprint density at radius 3 is 3.11 bits per heavy atom. The molecule has 0 bridgehead atoms. The second-order valence-corrected chi connectivity index (χ2v) is 4.56. The van der Waals surface area contributed by atoms with Crippen molar-refractivity contribution < 1.29 is 9.90 Å². The van der Waals surface area contributed by atoms with Gasteiger partial charge in [0.05, 0.1) is 22.6 Å². The minimum atomic E-state index is -0.963. The molecule has 3 rings (SSSR count). The Balaban J connectivity index is 2.17. The Morgan fingerprint density at radius 2 is 2.39 bits per heavy atom. The van der Waals surface area contributed by atoms with Gasteiger partial charge in [0.15, 0.2) is 0 Å². The molecule has 0 saturated carbocycles. The van der Waals surface area contributed by atoms with Gasteiger partial charge in [-0.05, 0) is 17.6 Å². The van der Waals surface area contributed by atoms with E-state index in [2.05, 4.69) is 19.9 Å². The maximum absolute atomic E-state index is 11.3. The third-order valence-electron chi connectivity index (χ3n) is 2.74. The Labute approximate surface area is 106 Å². The fourth-order valence-electron chi connectivity index (χ4n) is 1.96. The highest BCUT2D eigenvalue weighted by molar-refractivity contribution is 7.05. The van der Waals surface area contributed by atoms with Crippen LogP contribution in [0.15, 0.2) is 36.3 Å². The molecule has 1 aliphatic heterocycles. The summed E-state index contributed by atoms with van der Waals surface area (Å²) in [4.78, 5) is 16.3. The van der Waals surface area contributed by atoms with E-state index in [0.29, 0.717) is 5.82 Å².